The van der Waals surface area contributed by atoms with Crippen LogP contribution in [0.3, 0.4) is 0 Å². The summed E-state index contributed by atoms with van der Waals surface area (Å²) in [6, 6.07) is 4.18. The molecule has 5 heteroatoms. The molecule has 1 aromatic carbocycles. The second kappa shape index (κ2) is 7.74. The molecule has 0 aromatic heterocycles. The fourth-order valence-corrected chi connectivity index (χ4v) is 1.74. The molecular formula is C14H21FN2O2. The lowest BCUT2D eigenvalue weighted by atomic mass is 10.1. The molecule has 4 nitrogen and oxygen atoms in total. The van der Waals surface area contributed by atoms with Gasteiger partial charge in [-0.05, 0) is 45.3 Å². The molecule has 1 rings (SSSR count). The van der Waals surface area contributed by atoms with Crippen LogP contribution in [0.2, 0.25) is 0 Å². The maximum Gasteiger partial charge on any atom is 0.224 e. The molecule has 1 N–H and O–H groups in total. The summed E-state index contributed by atoms with van der Waals surface area (Å²) in [5.74, 6) is 0.0451. The molecular weight excluding hydrogens is 247 g/mol. The molecule has 0 saturated carbocycles. The second-order valence-electron chi connectivity index (χ2n) is 4.64. The van der Waals surface area contributed by atoms with Gasteiger partial charge in [0.2, 0.25) is 5.91 Å². The fraction of sp³-hybridized carbons (Fsp3) is 0.500. The second-order valence-corrected chi connectivity index (χ2v) is 4.64. The van der Waals surface area contributed by atoms with Gasteiger partial charge in [-0.1, -0.05) is 0 Å². The van der Waals surface area contributed by atoms with Crippen LogP contribution in [0.4, 0.5) is 4.39 Å². The van der Waals surface area contributed by atoms with E-state index < -0.39 is 0 Å². The summed E-state index contributed by atoms with van der Waals surface area (Å²) in [6.45, 7) is 1.54. The summed E-state index contributed by atoms with van der Waals surface area (Å²) < 4.78 is 18.2. The van der Waals surface area contributed by atoms with Gasteiger partial charge in [-0.15, -0.1) is 0 Å². The number of nitrogens with one attached hydrogen (secondary N) is 1. The molecule has 0 aliphatic heterocycles. The molecule has 0 bridgehead atoms. The lowest BCUT2D eigenvalue weighted by molar-refractivity contribution is -0.120. The first-order valence-corrected chi connectivity index (χ1v) is 6.26. The van der Waals surface area contributed by atoms with E-state index in [0.29, 0.717) is 17.9 Å². The maximum atomic E-state index is 13.1. The minimum atomic E-state index is -0.365. The Labute approximate surface area is 113 Å². The third-order valence-electron chi connectivity index (χ3n) is 2.70. The Morgan fingerprint density at radius 3 is 2.79 bits per heavy atom. The monoisotopic (exact) mass is 268 g/mol. The summed E-state index contributed by atoms with van der Waals surface area (Å²) in [7, 11) is 5.48. The minimum Gasteiger partial charge on any atom is -0.496 e. The third-order valence-corrected chi connectivity index (χ3v) is 2.70. The zero-order valence-corrected chi connectivity index (χ0v) is 11.7. The quantitative estimate of drug-likeness (QED) is 0.761. The van der Waals surface area contributed by atoms with Crippen molar-refractivity contribution < 1.29 is 13.9 Å². The number of benzene rings is 1. The van der Waals surface area contributed by atoms with Gasteiger partial charge in [0.15, 0.2) is 0 Å². The van der Waals surface area contributed by atoms with Gasteiger partial charge in [-0.3, -0.25) is 4.79 Å². The van der Waals surface area contributed by atoms with E-state index in [1.165, 1.54) is 25.3 Å². The van der Waals surface area contributed by atoms with E-state index in [1.54, 1.807) is 0 Å². The Balaban J connectivity index is 2.45. The highest BCUT2D eigenvalue weighted by Crippen LogP contribution is 2.19. The number of hydrogen-bond acceptors (Lipinski definition) is 3. The first-order valence-electron chi connectivity index (χ1n) is 6.26. The van der Waals surface area contributed by atoms with E-state index in [9.17, 15) is 9.18 Å². The summed E-state index contributed by atoms with van der Waals surface area (Å²) >= 11 is 0. The summed E-state index contributed by atoms with van der Waals surface area (Å²) in [4.78, 5) is 13.8. The molecule has 19 heavy (non-hydrogen) atoms. The van der Waals surface area contributed by atoms with Crippen LogP contribution in [0.25, 0.3) is 0 Å². The van der Waals surface area contributed by atoms with Crippen molar-refractivity contribution in [1.82, 2.24) is 10.2 Å². The average Bonchev–Trinajstić information content (AvgIpc) is 2.35. The van der Waals surface area contributed by atoms with Gasteiger partial charge in [0, 0.05) is 12.1 Å². The predicted molar refractivity (Wildman–Crippen MR) is 72.8 cm³/mol. The van der Waals surface area contributed by atoms with Crippen LogP contribution in [0.1, 0.15) is 12.0 Å². The molecule has 0 fully saturated rings. The Hall–Kier alpha value is -1.62. The zero-order chi connectivity index (χ0) is 14.3. The van der Waals surface area contributed by atoms with Crippen LogP contribution in [0, 0.1) is 5.82 Å². The largest absolute Gasteiger partial charge is 0.496 e. The molecule has 1 aromatic rings. The lowest BCUT2D eigenvalue weighted by Gasteiger charge is -2.11. The Morgan fingerprint density at radius 1 is 1.42 bits per heavy atom. The topological polar surface area (TPSA) is 41.6 Å². The van der Waals surface area contributed by atoms with Crippen LogP contribution < -0.4 is 10.1 Å². The zero-order valence-electron chi connectivity index (χ0n) is 11.7. The molecule has 0 aliphatic rings. The van der Waals surface area contributed by atoms with E-state index in [0.717, 1.165) is 13.0 Å². The van der Waals surface area contributed by atoms with Crippen LogP contribution in [0.15, 0.2) is 18.2 Å². The van der Waals surface area contributed by atoms with Crippen molar-refractivity contribution in [3.63, 3.8) is 0 Å². The van der Waals surface area contributed by atoms with Gasteiger partial charge < -0.3 is 15.0 Å². The van der Waals surface area contributed by atoms with Crippen molar-refractivity contribution in [1.29, 1.82) is 0 Å². The van der Waals surface area contributed by atoms with E-state index >= 15 is 0 Å². The average molecular weight is 268 g/mol. The fourth-order valence-electron chi connectivity index (χ4n) is 1.74. The first-order chi connectivity index (χ1) is 9.02. The standard InChI is InChI=1S/C14H21FN2O2/c1-17(2)8-4-7-16-14(18)10-11-9-12(15)5-6-13(11)19-3/h5-6,9H,4,7-8,10H2,1-3H3,(H,16,18). The number of carbonyl (C=O) groups excluding carboxylic acids is 1. The molecule has 0 atom stereocenters. The Bertz CT molecular complexity index is 422. The van der Waals surface area contributed by atoms with E-state index in [-0.39, 0.29) is 18.1 Å². The number of nitrogens with zero attached hydrogens (tertiary/aromatic N) is 1. The van der Waals surface area contributed by atoms with E-state index in [4.69, 9.17) is 4.74 Å². The molecule has 0 heterocycles. The van der Waals surface area contributed by atoms with Crippen LogP contribution in [-0.2, 0) is 11.2 Å². The maximum absolute atomic E-state index is 13.1. The van der Waals surface area contributed by atoms with Gasteiger partial charge in [-0.25, -0.2) is 4.39 Å². The number of ether oxygens (including phenoxy) is 1. The van der Waals surface area contributed by atoms with Crippen LogP contribution >= 0.6 is 0 Å². The minimum absolute atomic E-state index is 0.123. The van der Waals surface area contributed by atoms with Gasteiger partial charge >= 0.3 is 0 Å². The molecule has 0 radical (unpaired) electrons. The number of amides is 1. The highest BCUT2D eigenvalue weighted by molar-refractivity contribution is 5.79. The SMILES string of the molecule is COc1ccc(F)cc1CC(=O)NCCCN(C)C. The molecule has 0 spiro atoms. The number of halogens is 1. The highest BCUT2D eigenvalue weighted by atomic mass is 19.1. The van der Waals surface area contributed by atoms with Gasteiger partial charge in [0.25, 0.3) is 0 Å². The van der Waals surface area contributed by atoms with E-state index in [1.807, 2.05) is 14.1 Å². The van der Waals surface area contributed by atoms with Crippen molar-refractivity contribution in [3.8, 4) is 5.75 Å². The van der Waals surface area contributed by atoms with Gasteiger partial charge in [0.1, 0.15) is 11.6 Å². The molecule has 106 valence electrons. The number of carbonyl (C=O) groups is 1. The predicted octanol–water partition coefficient (Wildman–Crippen LogP) is 1.44. The molecule has 0 saturated heterocycles. The smallest absolute Gasteiger partial charge is 0.224 e. The van der Waals surface area contributed by atoms with Crippen molar-refractivity contribution in [3.05, 3.63) is 29.6 Å². The number of rotatable bonds is 7. The van der Waals surface area contributed by atoms with Crippen molar-refractivity contribution >= 4 is 5.91 Å². The van der Waals surface area contributed by atoms with Gasteiger partial charge in [0.05, 0.1) is 13.5 Å². The van der Waals surface area contributed by atoms with Crippen molar-refractivity contribution in [2.75, 3.05) is 34.3 Å². The normalized spacial score (nSPS) is 10.6. The lowest BCUT2D eigenvalue weighted by Crippen LogP contribution is -2.28. The Kier molecular flexibility index (Phi) is 6.29. The van der Waals surface area contributed by atoms with Crippen LogP contribution in [0.5, 0.6) is 5.75 Å². The summed E-state index contributed by atoms with van der Waals surface area (Å²) in [5.41, 5.74) is 0.563. The summed E-state index contributed by atoms with van der Waals surface area (Å²) in [5, 5.41) is 2.81. The van der Waals surface area contributed by atoms with Gasteiger partial charge in [-0.2, -0.15) is 0 Å². The molecule has 0 aliphatic carbocycles. The number of hydrogen-bond donors (Lipinski definition) is 1. The summed E-state index contributed by atoms with van der Waals surface area (Å²) in [6.07, 6.45) is 1.02. The van der Waals surface area contributed by atoms with Crippen LogP contribution in [-0.4, -0.2) is 45.1 Å². The van der Waals surface area contributed by atoms with E-state index in [2.05, 4.69) is 10.2 Å². The first kappa shape index (κ1) is 15.4. The highest BCUT2D eigenvalue weighted by Gasteiger charge is 2.09. The third kappa shape index (κ3) is 5.70. The number of methoxy groups -OCH3 is 1. The van der Waals surface area contributed by atoms with Crippen molar-refractivity contribution in [2.45, 2.75) is 12.8 Å². The van der Waals surface area contributed by atoms with Crippen molar-refractivity contribution in [2.24, 2.45) is 0 Å². The Morgan fingerprint density at radius 2 is 2.16 bits per heavy atom. The molecule has 0 unspecified atom stereocenters. The molecule has 1 amide bonds.